The second-order valence-corrected chi connectivity index (χ2v) is 5.05. The third-order valence-electron chi connectivity index (χ3n) is 2.41. The molecule has 0 heterocycles. The summed E-state index contributed by atoms with van der Waals surface area (Å²) in [5.41, 5.74) is 13.5. The molecule has 0 saturated heterocycles. The topological polar surface area (TPSA) is 81.1 Å². The van der Waals surface area contributed by atoms with E-state index in [-0.39, 0.29) is 0 Å². The fraction of sp³-hybridized carbons (Fsp3) is 0. The number of halogens is 1. The molecular formula is C13H12IN3O. The van der Waals surface area contributed by atoms with E-state index in [4.69, 9.17) is 11.5 Å². The number of hydrogen-bond acceptors (Lipinski definition) is 3. The lowest BCUT2D eigenvalue weighted by molar-refractivity contribution is 0.100. The van der Waals surface area contributed by atoms with Gasteiger partial charge in [0.15, 0.2) is 0 Å². The van der Waals surface area contributed by atoms with Gasteiger partial charge in [0.25, 0.3) is 5.91 Å². The first-order valence-corrected chi connectivity index (χ1v) is 6.36. The van der Waals surface area contributed by atoms with E-state index >= 15 is 0 Å². The first-order chi connectivity index (χ1) is 8.56. The van der Waals surface area contributed by atoms with Crippen LogP contribution >= 0.6 is 22.6 Å². The van der Waals surface area contributed by atoms with Gasteiger partial charge >= 0.3 is 0 Å². The average Bonchev–Trinajstić information content (AvgIpc) is 2.28. The molecule has 1 amide bonds. The molecular weight excluding hydrogens is 341 g/mol. The molecule has 0 aromatic heterocycles. The summed E-state index contributed by atoms with van der Waals surface area (Å²) in [6, 6.07) is 12.8. The molecule has 5 heteroatoms. The number of amides is 1. The maximum absolute atomic E-state index is 11.3. The monoisotopic (exact) mass is 353 g/mol. The zero-order chi connectivity index (χ0) is 13.1. The normalized spacial score (nSPS) is 10.1. The van der Waals surface area contributed by atoms with E-state index in [2.05, 4.69) is 27.9 Å². The highest BCUT2D eigenvalue weighted by Gasteiger charge is 2.08. The molecule has 0 saturated carbocycles. The lowest BCUT2D eigenvalue weighted by Gasteiger charge is -2.11. The van der Waals surface area contributed by atoms with Crippen LogP contribution in [0.25, 0.3) is 0 Å². The number of rotatable bonds is 3. The number of nitrogen functional groups attached to an aromatic ring is 1. The minimum atomic E-state index is -0.483. The van der Waals surface area contributed by atoms with Gasteiger partial charge in [0.2, 0.25) is 0 Å². The Balaban J connectivity index is 2.39. The Morgan fingerprint density at radius 2 is 1.94 bits per heavy atom. The quantitative estimate of drug-likeness (QED) is 0.586. The molecule has 0 aliphatic rings. The largest absolute Gasteiger partial charge is 0.399 e. The molecule has 5 N–H and O–H groups in total. The average molecular weight is 353 g/mol. The summed E-state index contributed by atoms with van der Waals surface area (Å²) in [5, 5.41) is 3.15. The predicted octanol–water partition coefficient (Wildman–Crippen LogP) is 2.72. The van der Waals surface area contributed by atoms with Crippen molar-refractivity contribution in [2.75, 3.05) is 11.1 Å². The first-order valence-electron chi connectivity index (χ1n) is 5.28. The zero-order valence-electron chi connectivity index (χ0n) is 9.48. The molecule has 18 heavy (non-hydrogen) atoms. The Bertz CT molecular complexity index is 599. The van der Waals surface area contributed by atoms with Crippen molar-refractivity contribution in [2.24, 2.45) is 5.73 Å². The zero-order valence-corrected chi connectivity index (χ0v) is 11.6. The molecule has 0 atom stereocenters. The van der Waals surface area contributed by atoms with E-state index in [0.717, 1.165) is 9.26 Å². The van der Waals surface area contributed by atoms with Crippen LogP contribution in [0, 0.1) is 3.57 Å². The molecule has 0 aliphatic heterocycles. The van der Waals surface area contributed by atoms with Crippen LogP contribution in [-0.4, -0.2) is 5.91 Å². The predicted molar refractivity (Wildman–Crippen MR) is 81.8 cm³/mol. The van der Waals surface area contributed by atoms with Gasteiger partial charge in [-0.15, -0.1) is 0 Å². The third-order valence-corrected chi connectivity index (χ3v) is 3.08. The van der Waals surface area contributed by atoms with Crippen molar-refractivity contribution >= 4 is 45.6 Å². The highest BCUT2D eigenvalue weighted by Crippen LogP contribution is 2.24. The van der Waals surface area contributed by atoms with Crippen LogP contribution < -0.4 is 16.8 Å². The number of benzene rings is 2. The van der Waals surface area contributed by atoms with E-state index in [0.29, 0.717) is 16.9 Å². The lowest BCUT2D eigenvalue weighted by Crippen LogP contribution is -2.13. The van der Waals surface area contributed by atoms with Crippen LogP contribution in [0.15, 0.2) is 42.5 Å². The van der Waals surface area contributed by atoms with Crippen molar-refractivity contribution in [1.29, 1.82) is 0 Å². The van der Waals surface area contributed by atoms with E-state index in [1.165, 1.54) is 0 Å². The van der Waals surface area contributed by atoms with E-state index in [1.54, 1.807) is 18.2 Å². The maximum atomic E-state index is 11.3. The first kappa shape index (κ1) is 12.7. The highest BCUT2D eigenvalue weighted by molar-refractivity contribution is 14.1. The fourth-order valence-electron chi connectivity index (χ4n) is 1.60. The van der Waals surface area contributed by atoms with Crippen LogP contribution in [0.2, 0.25) is 0 Å². The summed E-state index contributed by atoms with van der Waals surface area (Å²) in [5.74, 6) is -0.483. The van der Waals surface area contributed by atoms with Crippen molar-refractivity contribution in [3.8, 4) is 0 Å². The van der Waals surface area contributed by atoms with Gasteiger partial charge in [-0.05, 0) is 59.0 Å². The van der Waals surface area contributed by atoms with Crippen molar-refractivity contribution in [2.45, 2.75) is 0 Å². The van der Waals surface area contributed by atoms with Crippen molar-refractivity contribution < 1.29 is 4.79 Å². The number of carbonyl (C=O) groups excluding carboxylic acids is 1. The van der Waals surface area contributed by atoms with E-state index < -0.39 is 5.91 Å². The van der Waals surface area contributed by atoms with Crippen molar-refractivity contribution in [3.05, 3.63) is 51.6 Å². The smallest absolute Gasteiger partial charge is 0.250 e. The second-order valence-electron chi connectivity index (χ2n) is 3.80. The van der Waals surface area contributed by atoms with Gasteiger partial charge in [0.05, 0.1) is 11.3 Å². The molecule has 0 fully saturated rings. The van der Waals surface area contributed by atoms with Crippen molar-refractivity contribution in [1.82, 2.24) is 0 Å². The fourth-order valence-corrected chi connectivity index (χ4v) is 2.14. The van der Waals surface area contributed by atoms with Gasteiger partial charge < -0.3 is 16.8 Å². The Hall–Kier alpha value is -1.76. The molecule has 2 aromatic rings. The van der Waals surface area contributed by atoms with Gasteiger partial charge in [-0.1, -0.05) is 6.07 Å². The molecule has 4 nitrogen and oxygen atoms in total. The summed E-state index contributed by atoms with van der Waals surface area (Å²) < 4.78 is 1.10. The molecule has 92 valence electrons. The summed E-state index contributed by atoms with van der Waals surface area (Å²) in [4.78, 5) is 11.3. The molecule has 0 radical (unpaired) electrons. The Labute approximate surface area is 119 Å². The Kier molecular flexibility index (Phi) is 3.71. The number of nitrogens with two attached hydrogens (primary N) is 2. The van der Waals surface area contributed by atoms with Gasteiger partial charge in [-0.3, -0.25) is 4.79 Å². The number of nitrogens with one attached hydrogen (secondary N) is 1. The second kappa shape index (κ2) is 5.26. The van der Waals surface area contributed by atoms with E-state index in [1.807, 2.05) is 24.3 Å². The van der Waals surface area contributed by atoms with E-state index in [9.17, 15) is 4.79 Å². The van der Waals surface area contributed by atoms with Gasteiger partial charge in [-0.2, -0.15) is 0 Å². The minimum Gasteiger partial charge on any atom is -0.399 e. The van der Waals surface area contributed by atoms with Gasteiger partial charge in [0, 0.05) is 14.9 Å². The maximum Gasteiger partial charge on any atom is 0.250 e. The minimum absolute atomic E-state index is 0.420. The van der Waals surface area contributed by atoms with Crippen LogP contribution in [0.3, 0.4) is 0 Å². The van der Waals surface area contributed by atoms with Gasteiger partial charge in [0.1, 0.15) is 0 Å². The standard InChI is InChI=1S/C13H12IN3O/c14-8-2-1-3-10(6-8)17-12-7-9(15)4-5-11(12)13(16)18/h1-7,17H,15H2,(H2,16,18). The number of anilines is 3. The number of primary amides is 1. The molecule has 0 aliphatic carbocycles. The number of hydrogen-bond donors (Lipinski definition) is 3. The highest BCUT2D eigenvalue weighted by atomic mass is 127. The summed E-state index contributed by atoms with van der Waals surface area (Å²) in [7, 11) is 0. The summed E-state index contributed by atoms with van der Waals surface area (Å²) in [6.45, 7) is 0. The number of carbonyl (C=O) groups is 1. The Morgan fingerprint density at radius 3 is 2.61 bits per heavy atom. The summed E-state index contributed by atoms with van der Waals surface area (Å²) >= 11 is 2.22. The molecule has 0 spiro atoms. The van der Waals surface area contributed by atoms with Crippen LogP contribution in [-0.2, 0) is 0 Å². The van der Waals surface area contributed by atoms with Crippen LogP contribution in [0.4, 0.5) is 17.1 Å². The van der Waals surface area contributed by atoms with Crippen LogP contribution in [0.5, 0.6) is 0 Å². The van der Waals surface area contributed by atoms with Crippen LogP contribution in [0.1, 0.15) is 10.4 Å². The molecule has 0 bridgehead atoms. The van der Waals surface area contributed by atoms with Crippen molar-refractivity contribution in [3.63, 3.8) is 0 Å². The SMILES string of the molecule is NC(=O)c1ccc(N)cc1Nc1cccc(I)c1. The molecule has 2 rings (SSSR count). The molecule has 0 unspecified atom stereocenters. The molecule has 2 aromatic carbocycles. The lowest BCUT2D eigenvalue weighted by atomic mass is 10.1. The third kappa shape index (κ3) is 2.92. The van der Waals surface area contributed by atoms with Gasteiger partial charge in [-0.25, -0.2) is 0 Å². The Morgan fingerprint density at radius 1 is 1.17 bits per heavy atom. The summed E-state index contributed by atoms with van der Waals surface area (Å²) in [6.07, 6.45) is 0.